The highest BCUT2D eigenvalue weighted by Gasteiger charge is 2.30. The van der Waals surface area contributed by atoms with Crippen LogP contribution in [0.5, 0.6) is 0 Å². The number of carboxylic acid groups (broad SMARTS) is 1. The first-order chi connectivity index (χ1) is 7.92. The molecular weight excluding hydrogens is 222 g/mol. The molecule has 5 heteroatoms. The number of ether oxygens (including phenoxy) is 2. The summed E-state index contributed by atoms with van der Waals surface area (Å²) >= 11 is 0. The van der Waals surface area contributed by atoms with Crippen LogP contribution >= 0.6 is 0 Å². The van der Waals surface area contributed by atoms with Crippen molar-refractivity contribution in [2.75, 3.05) is 13.2 Å². The molecule has 0 radical (unpaired) electrons. The first kappa shape index (κ1) is 14.4. The van der Waals surface area contributed by atoms with Gasteiger partial charge in [-0.1, -0.05) is 0 Å². The molecule has 0 aliphatic carbocycles. The van der Waals surface area contributed by atoms with Gasteiger partial charge in [0.25, 0.3) is 0 Å². The Kier molecular flexibility index (Phi) is 5.36. The second-order valence-electron chi connectivity index (χ2n) is 5.06. The third-order valence-electron chi connectivity index (χ3n) is 3.04. The van der Waals surface area contributed by atoms with E-state index in [0.29, 0.717) is 13.0 Å². The van der Waals surface area contributed by atoms with E-state index in [0.717, 1.165) is 19.4 Å². The van der Waals surface area contributed by atoms with E-state index in [1.54, 1.807) is 0 Å². The number of nitrogens with two attached hydrogens (primary N) is 1. The lowest BCUT2D eigenvalue weighted by atomic mass is 9.96. The van der Waals surface area contributed by atoms with E-state index in [9.17, 15) is 4.79 Å². The van der Waals surface area contributed by atoms with Gasteiger partial charge in [0.15, 0.2) is 0 Å². The molecule has 1 saturated heterocycles. The lowest BCUT2D eigenvalue weighted by Gasteiger charge is -2.27. The Morgan fingerprint density at radius 1 is 1.65 bits per heavy atom. The van der Waals surface area contributed by atoms with Crippen molar-refractivity contribution in [1.82, 2.24) is 0 Å². The molecule has 0 saturated carbocycles. The lowest BCUT2D eigenvalue weighted by molar-refractivity contribution is -0.144. The fourth-order valence-electron chi connectivity index (χ4n) is 1.95. The summed E-state index contributed by atoms with van der Waals surface area (Å²) in [7, 11) is 0. The van der Waals surface area contributed by atoms with Crippen LogP contribution in [0.4, 0.5) is 0 Å². The van der Waals surface area contributed by atoms with E-state index in [2.05, 4.69) is 0 Å². The molecule has 3 atom stereocenters. The van der Waals surface area contributed by atoms with Gasteiger partial charge in [-0.3, -0.25) is 4.79 Å². The Morgan fingerprint density at radius 2 is 2.35 bits per heavy atom. The minimum absolute atomic E-state index is 0.153. The van der Waals surface area contributed by atoms with Gasteiger partial charge in [-0.2, -0.15) is 0 Å². The van der Waals surface area contributed by atoms with Gasteiger partial charge in [-0.25, -0.2) is 0 Å². The average Bonchev–Trinajstić information content (AvgIpc) is 2.27. The largest absolute Gasteiger partial charge is 0.480 e. The molecule has 0 aromatic heterocycles. The predicted octanol–water partition coefficient (Wildman–Crippen LogP) is 1.15. The summed E-state index contributed by atoms with van der Waals surface area (Å²) in [6.45, 7) is 4.67. The number of rotatable bonds is 6. The summed E-state index contributed by atoms with van der Waals surface area (Å²) in [6, 6.07) is 0. The molecule has 100 valence electrons. The molecule has 0 amide bonds. The second kappa shape index (κ2) is 6.33. The van der Waals surface area contributed by atoms with Gasteiger partial charge in [0, 0.05) is 13.0 Å². The van der Waals surface area contributed by atoms with Crippen molar-refractivity contribution in [2.45, 2.75) is 57.3 Å². The molecule has 0 spiro atoms. The van der Waals surface area contributed by atoms with E-state index in [1.807, 2.05) is 6.92 Å². The number of carboxylic acids is 1. The maximum absolute atomic E-state index is 10.9. The van der Waals surface area contributed by atoms with Gasteiger partial charge in [-0.15, -0.1) is 0 Å². The van der Waals surface area contributed by atoms with Crippen LogP contribution in [0.15, 0.2) is 0 Å². The molecule has 17 heavy (non-hydrogen) atoms. The van der Waals surface area contributed by atoms with Gasteiger partial charge in [0.1, 0.15) is 5.54 Å². The summed E-state index contributed by atoms with van der Waals surface area (Å²) < 4.78 is 11.1. The van der Waals surface area contributed by atoms with Gasteiger partial charge in [0.05, 0.1) is 18.8 Å². The molecule has 0 aromatic rings. The molecule has 1 fully saturated rings. The molecule has 3 N–H and O–H groups in total. The number of hydrogen-bond acceptors (Lipinski definition) is 4. The Morgan fingerprint density at radius 3 is 2.88 bits per heavy atom. The van der Waals surface area contributed by atoms with E-state index >= 15 is 0 Å². The Balaban J connectivity index is 2.24. The second-order valence-corrected chi connectivity index (χ2v) is 5.06. The highest BCUT2D eigenvalue weighted by molar-refractivity contribution is 5.77. The third kappa shape index (κ3) is 5.02. The van der Waals surface area contributed by atoms with Crippen molar-refractivity contribution >= 4 is 5.97 Å². The summed E-state index contributed by atoms with van der Waals surface area (Å²) in [5.41, 5.74) is 4.43. The predicted molar refractivity (Wildman–Crippen MR) is 63.9 cm³/mol. The van der Waals surface area contributed by atoms with Crippen LogP contribution in [0.1, 0.15) is 39.5 Å². The molecule has 1 heterocycles. The molecule has 5 nitrogen and oxygen atoms in total. The Labute approximate surface area is 102 Å². The quantitative estimate of drug-likeness (QED) is 0.733. The minimum Gasteiger partial charge on any atom is -0.480 e. The molecule has 0 aromatic carbocycles. The summed E-state index contributed by atoms with van der Waals surface area (Å²) in [5.74, 6) is -0.998. The van der Waals surface area contributed by atoms with Crippen LogP contribution in [0, 0.1) is 0 Å². The number of hydrogen-bond donors (Lipinski definition) is 2. The average molecular weight is 245 g/mol. The van der Waals surface area contributed by atoms with Crippen LogP contribution in [0.3, 0.4) is 0 Å². The Bertz CT molecular complexity index is 249. The monoisotopic (exact) mass is 245 g/mol. The van der Waals surface area contributed by atoms with Gasteiger partial charge in [-0.05, 0) is 33.1 Å². The van der Waals surface area contributed by atoms with Crippen LogP contribution in [-0.4, -0.2) is 42.0 Å². The maximum Gasteiger partial charge on any atom is 0.323 e. The van der Waals surface area contributed by atoms with E-state index in [4.69, 9.17) is 20.3 Å². The van der Waals surface area contributed by atoms with Gasteiger partial charge < -0.3 is 20.3 Å². The highest BCUT2D eigenvalue weighted by atomic mass is 16.5. The zero-order valence-electron chi connectivity index (χ0n) is 10.6. The summed E-state index contributed by atoms with van der Waals surface area (Å²) in [5, 5.41) is 8.90. The summed E-state index contributed by atoms with van der Waals surface area (Å²) in [4.78, 5) is 10.9. The molecule has 1 aliphatic rings. The lowest BCUT2D eigenvalue weighted by Crippen LogP contribution is -2.47. The van der Waals surface area contributed by atoms with Crippen molar-refractivity contribution in [3.8, 4) is 0 Å². The van der Waals surface area contributed by atoms with Crippen molar-refractivity contribution in [1.29, 1.82) is 0 Å². The topological polar surface area (TPSA) is 81.8 Å². The normalized spacial score (nSPS) is 26.2. The fraction of sp³-hybridized carbons (Fsp3) is 0.917. The molecular formula is C12H23NO4. The molecule has 1 rings (SSSR count). The van der Waals surface area contributed by atoms with Crippen molar-refractivity contribution in [2.24, 2.45) is 5.73 Å². The molecule has 3 unspecified atom stereocenters. The molecule has 0 bridgehead atoms. The van der Waals surface area contributed by atoms with E-state index in [-0.39, 0.29) is 12.2 Å². The molecule has 1 aliphatic heterocycles. The first-order valence-electron chi connectivity index (χ1n) is 6.17. The standard InChI is InChI=1S/C12H23NO4/c1-9(7-12(2,13)11(14)15)17-8-10-5-3-4-6-16-10/h9-10H,3-8,13H2,1-2H3,(H,14,15). The van der Waals surface area contributed by atoms with Crippen LogP contribution in [0.25, 0.3) is 0 Å². The van der Waals surface area contributed by atoms with Crippen molar-refractivity contribution < 1.29 is 19.4 Å². The van der Waals surface area contributed by atoms with E-state index < -0.39 is 11.5 Å². The van der Waals surface area contributed by atoms with Crippen LogP contribution < -0.4 is 5.73 Å². The maximum atomic E-state index is 10.9. The SMILES string of the molecule is CC(CC(C)(N)C(=O)O)OCC1CCCCO1. The van der Waals surface area contributed by atoms with Gasteiger partial charge >= 0.3 is 5.97 Å². The van der Waals surface area contributed by atoms with Crippen molar-refractivity contribution in [3.63, 3.8) is 0 Å². The highest BCUT2D eigenvalue weighted by Crippen LogP contribution is 2.16. The number of aliphatic carboxylic acids is 1. The van der Waals surface area contributed by atoms with Crippen LogP contribution in [-0.2, 0) is 14.3 Å². The van der Waals surface area contributed by atoms with Crippen molar-refractivity contribution in [3.05, 3.63) is 0 Å². The zero-order valence-corrected chi connectivity index (χ0v) is 10.6. The Hall–Kier alpha value is -0.650. The van der Waals surface area contributed by atoms with Gasteiger partial charge in [0.2, 0.25) is 0 Å². The minimum atomic E-state index is -1.23. The smallest absolute Gasteiger partial charge is 0.323 e. The third-order valence-corrected chi connectivity index (χ3v) is 3.04. The summed E-state index contributed by atoms with van der Waals surface area (Å²) in [6.07, 6.45) is 3.59. The van der Waals surface area contributed by atoms with E-state index in [1.165, 1.54) is 13.3 Å². The van der Waals surface area contributed by atoms with Crippen LogP contribution in [0.2, 0.25) is 0 Å². The first-order valence-corrected chi connectivity index (χ1v) is 6.17. The number of carbonyl (C=O) groups is 1. The zero-order chi connectivity index (χ0) is 12.9. The fourth-order valence-corrected chi connectivity index (χ4v) is 1.95.